The Morgan fingerprint density at radius 3 is 2.81 bits per heavy atom. The van der Waals surface area contributed by atoms with E-state index in [0.717, 1.165) is 11.3 Å². The molecule has 3 aromatic rings. The van der Waals surface area contributed by atoms with Gasteiger partial charge >= 0.3 is 0 Å². The van der Waals surface area contributed by atoms with Gasteiger partial charge in [0.2, 0.25) is 5.95 Å². The summed E-state index contributed by atoms with van der Waals surface area (Å²) >= 11 is 0. The number of hydrogen-bond donors (Lipinski definition) is 1. The fraction of sp³-hybridized carbons (Fsp3) is 0. The van der Waals surface area contributed by atoms with Crippen molar-refractivity contribution < 1.29 is 0 Å². The molecule has 1 N–H and O–H groups in total. The molecule has 0 unspecified atom stereocenters. The Morgan fingerprint density at radius 1 is 1.12 bits per heavy atom. The van der Waals surface area contributed by atoms with Crippen LogP contribution in [-0.2, 0) is 0 Å². The molecule has 0 aliphatic carbocycles. The molecule has 0 atom stereocenters. The number of aromatic nitrogens is 4. The van der Waals surface area contributed by atoms with E-state index in [1.807, 2.05) is 30.3 Å². The summed E-state index contributed by atoms with van der Waals surface area (Å²) in [7, 11) is 0. The summed E-state index contributed by atoms with van der Waals surface area (Å²) in [5.74, 6) is 0.569. The molecule has 5 nitrogen and oxygen atoms in total. The fourth-order valence-corrected chi connectivity index (χ4v) is 1.45. The second-order valence-corrected chi connectivity index (χ2v) is 3.31. The maximum atomic E-state index is 4.29. The summed E-state index contributed by atoms with van der Waals surface area (Å²) in [5, 5.41) is 7.38. The maximum absolute atomic E-state index is 4.29. The van der Waals surface area contributed by atoms with Crippen LogP contribution >= 0.6 is 0 Å². The van der Waals surface area contributed by atoms with Gasteiger partial charge in [-0.2, -0.15) is 4.98 Å². The Kier molecular flexibility index (Phi) is 2.00. The van der Waals surface area contributed by atoms with Crippen LogP contribution in [0.25, 0.3) is 5.65 Å². The molecule has 0 amide bonds. The topological polar surface area (TPSA) is 55.1 Å². The van der Waals surface area contributed by atoms with E-state index in [1.54, 1.807) is 23.1 Å². The van der Waals surface area contributed by atoms with Gasteiger partial charge in [0.15, 0.2) is 5.65 Å². The normalized spacial score (nSPS) is 10.5. The predicted molar refractivity (Wildman–Crippen MR) is 60.5 cm³/mol. The predicted octanol–water partition coefficient (Wildman–Crippen LogP) is 1.87. The molecule has 0 radical (unpaired) electrons. The zero-order valence-corrected chi connectivity index (χ0v) is 8.41. The van der Waals surface area contributed by atoms with E-state index in [0.29, 0.717) is 5.95 Å². The van der Waals surface area contributed by atoms with E-state index in [9.17, 15) is 0 Å². The van der Waals surface area contributed by atoms with Crippen LogP contribution in [0.1, 0.15) is 0 Å². The van der Waals surface area contributed by atoms with E-state index in [4.69, 9.17) is 0 Å². The largest absolute Gasteiger partial charge is 0.323 e. The highest BCUT2D eigenvalue weighted by Gasteiger charge is 2.02. The average molecular weight is 211 g/mol. The Bertz CT molecular complexity index is 569. The molecule has 0 bridgehead atoms. The Morgan fingerprint density at radius 2 is 2.00 bits per heavy atom. The molecule has 5 heteroatoms. The third kappa shape index (κ3) is 1.58. The highest BCUT2D eigenvalue weighted by atomic mass is 15.3. The van der Waals surface area contributed by atoms with Gasteiger partial charge in [-0.15, -0.1) is 5.10 Å². The molecular weight excluding hydrogens is 202 g/mol. The Labute approximate surface area is 91.8 Å². The number of para-hydroxylation sites is 1. The van der Waals surface area contributed by atoms with E-state index >= 15 is 0 Å². The van der Waals surface area contributed by atoms with Crippen molar-refractivity contribution in [3.8, 4) is 0 Å². The first-order chi connectivity index (χ1) is 7.92. The molecule has 0 saturated carbocycles. The van der Waals surface area contributed by atoms with Gasteiger partial charge in [0.25, 0.3) is 0 Å². The van der Waals surface area contributed by atoms with Crippen LogP contribution in [0.2, 0.25) is 0 Å². The van der Waals surface area contributed by atoms with Crippen LogP contribution in [0.4, 0.5) is 11.6 Å². The SMILES string of the molecule is c1ccc(Nc2nc3cnccn3n2)cc1. The number of nitrogens with one attached hydrogen (secondary N) is 1. The fourth-order valence-electron chi connectivity index (χ4n) is 1.45. The van der Waals surface area contributed by atoms with Crippen molar-refractivity contribution >= 4 is 17.3 Å². The minimum atomic E-state index is 0.569. The van der Waals surface area contributed by atoms with Gasteiger partial charge < -0.3 is 5.32 Å². The molecule has 0 spiro atoms. The summed E-state index contributed by atoms with van der Waals surface area (Å²) in [6.45, 7) is 0. The number of nitrogens with zero attached hydrogens (tertiary/aromatic N) is 4. The highest BCUT2D eigenvalue weighted by molar-refractivity contribution is 5.54. The van der Waals surface area contributed by atoms with Crippen molar-refractivity contribution in [3.05, 3.63) is 48.9 Å². The van der Waals surface area contributed by atoms with E-state index < -0.39 is 0 Å². The number of fused-ring (bicyclic) bond motifs is 1. The van der Waals surface area contributed by atoms with Gasteiger partial charge in [-0.05, 0) is 12.1 Å². The number of benzene rings is 1. The van der Waals surface area contributed by atoms with Crippen LogP contribution in [0.5, 0.6) is 0 Å². The zero-order valence-electron chi connectivity index (χ0n) is 8.41. The van der Waals surface area contributed by atoms with Gasteiger partial charge in [-0.1, -0.05) is 18.2 Å². The maximum Gasteiger partial charge on any atom is 0.247 e. The second kappa shape index (κ2) is 3.62. The van der Waals surface area contributed by atoms with Gasteiger partial charge in [0.1, 0.15) is 0 Å². The minimum Gasteiger partial charge on any atom is -0.323 e. The monoisotopic (exact) mass is 211 g/mol. The van der Waals surface area contributed by atoms with Crippen molar-refractivity contribution in [2.24, 2.45) is 0 Å². The standard InChI is InChI=1S/C11H9N5/c1-2-4-9(5-3-1)13-11-14-10-8-12-6-7-16(10)15-11/h1-8H,(H,13,15). The number of hydrogen-bond acceptors (Lipinski definition) is 4. The lowest BCUT2D eigenvalue weighted by atomic mass is 10.3. The first-order valence-electron chi connectivity index (χ1n) is 4.90. The van der Waals surface area contributed by atoms with Crippen molar-refractivity contribution in [2.45, 2.75) is 0 Å². The van der Waals surface area contributed by atoms with Crippen molar-refractivity contribution in [1.29, 1.82) is 0 Å². The van der Waals surface area contributed by atoms with Crippen LogP contribution < -0.4 is 5.32 Å². The van der Waals surface area contributed by atoms with Gasteiger partial charge in [0, 0.05) is 18.1 Å². The quantitative estimate of drug-likeness (QED) is 0.703. The lowest BCUT2D eigenvalue weighted by Crippen LogP contribution is -1.92. The Hall–Kier alpha value is -2.43. The minimum absolute atomic E-state index is 0.569. The molecular formula is C11H9N5. The Balaban J connectivity index is 1.95. The molecule has 0 saturated heterocycles. The smallest absolute Gasteiger partial charge is 0.247 e. The summed E-state index contributed by atoms with van der Waals surface area (Å²) in [6.07, 6.45) is 5.11. The van der Waals surface area contributed by atoms with Crippen LogP contribution in [0.3, 0.4) is 0 Å². The number of rotatable bonds is 2. The second-order valence-electron chi connectivity index (χ2n) is 3.31. The lowest BCUT2D eigenvalue weighted by Gasteiger charge is -1.98. The zero-order chi connectivity index (χ0) is 10.8. The lowest BCUT2D eigenvalue weighted by molar-refractivity contribution is 0.950. The molecule has 0 aliphatic heterocycles. The summed E-state index contributed by atoms with van der Waals surface area (Å²) in [5.41, 5.74) is 1.69. The van der Waals surface area contributed by atoms with Crippen LogP contribution in [0.15, 0.2) is 48.9 Å². The summed E-state index contributed by atoms with van der Waals surface area (Å²) in [4.78, 5) is 8.27. The molecule has 2 aromatic heterocycles. The molecule has 2 heterocycles. The van der Waals surface area contributed by atoms with Gasteiger partial charge in [-0.25, -0.2) is 4.52 Å². The van der Waals surface area contributed by atoms with E-state index in [-0.39, 0.29) is 0 Å². The highest BCUT2D eigenvalue weighted by Crippen LogP contribution is 2.12. The summed E-state index contributed by atoms with van der Waals surface area (Å²) < 4.78 is 1.68. The molecule has 3 rings (SSSR count). The molecule has 0 fully saturated rings. The average Bonchev–Trinajstić information content (AvgIpc) is 2.72. The van der Waals surface area contributed by atoms with Crippen molar-refractivity contribution in [1.82, 2.24) is 19.6 Å². The number of anilines is 2. The van der Waals surface area contributed by atoms with Crippen LogP contribution in [-0.4, -0.2) is 19.6 Å². The molecule has 16 heavy (non-hydrogen) atoms. The van der Waals surface area contributed by atoms with Gasteiger partial charge in [0.05, 0.1) is 6.20 Å². The molecule has 0 aliphatic rings. The summed E-state index contributed by atoms with van der Waals surface area (Å²) in [6, 6.07) is 9.81. The first kappa shape index (κ1) is 8.84. The first-order valence-corrected chi connectivity index (χ1v) is 4.90. The molecule has 78 valence electrons. The van der Waals surface area contributed by atoms with Crippen molar-refractivity contribution in [3.63, 3.8) is 0 Å². The third-order valence-electron chi connectivity index (χ3n) is 2.17. The van der Waals surface area contributed by atoms with E-state index in [1.165, 1.54) is 0 Å². The van der Waals surface area contributed by atoms with Crippen molar-refractivity contribution in [2.75, 3.05) is 5.32 Å². The van der Waals surface area contributed by atoms with Crippen LogP contribution in [0, 0.1) is 0 Å². The van der Waals surface area contributed by atoms with E-state index in [2.05, 4.69) is 20.4 Å². The third-order valence-corrected chi connectivity index (χ3v) is 2.17. The van der Waals surface area contributed by atoms with Gasteiger partial charge in [-0.3, -0.25) is 4.98 Å². The molecule has 1 aromatic carbocycles.